The molecule has 0 spiro atoms. The fraction of sp³-hybridized carbons (Fsp3) is 0.917. The second-order valence-electron chi connectivity index (χ2n) is 5.45. The summed E-state index contributed by atoms with van der Waals surface area (Å²) in [7, 11) is -3.59. The van der Waals surface area contributed by atoms with Crippen LogP contribution < -0.4 is 4.72 Å². The van der Waals surface area contributed by atoms with Crippen LogP contribution in [0.4, 0.5) is 0 Å². The fourth-order valence-corrected chi connectivity index (χ4v) is 3.50. The number of aliphatic carboxylic acids is 1. The van der Waals surface area contributed by atoms with Crippen molar-refractivity contribution in [2.45, 2.75) is 25.7 Å². The second kappa shape index (κ2) is 6.84. The highest BCUT2D eigenvalue weighted by molar-refractivity contribution is 7.87. The van der Waals surface area contributed by atoms with Gasteiger partial charge in [0, 0.05) is 26.2 Å². The Morgan fingerprint density at radius 3 is 2.75 bits per heavy atom. The molecule has 7 nitrogen and oxygen atoms in total. The average molecular weight is 306 g/mol. The molecule has 1 aliphatic carbocycles. The summed E-state index contributed by atoms with van der Waals surface area (Å²) in [5, 5.41) is 8.96. The predicted molar refractivity (Wildman–Crippen MR) is 72.4 cm³/mol. The minimum Gasteiger partial charge on any atom is -0.481 e. The van der Waals surface area contributed by atoms with E-state index in [2.05, 4.69) is 4.72 Å². The normalized spacial score (nSPS) is 24.7. The van der Waals surface area contributed by atoms with Gasteiger partial charge in [0.15, 0.2) is 0 Å². The molecule has 1 aliphatic heterocycles. The molecule has 2 aliphatic rings. The molecule has 20 heavy (non-hydrogen) atoms. The van der Waals surface area contributed by atoms with Crippen molar-refractivity contribution in [2.24, 2.45) is 11.8 Å². The van der Waals surface area contributed by atoms with E-state index in [0.717, 1.165) is 0 Å². The molecule has 0 aromatic heterocycles. The Kier molecular flexibility index (Phi) is 5.36. The molecule has 2 fully saturated rings. The Hall–Kier alpha value is -0.700. The van der Waals surface area contributed by atoms with Gasteiger partial charge in [-0.05, 0) is 31.6 Å². The second-order valence-corrected chi connectivity index (χ2v) is 7.21. The molecule has 1 saturated heterocycles. The lowest BCUT2D eigenvalue weighted by molar-refractivity contribution is -0.142. The van der Waals surface area contributed by atoms with Crippen LogP contribution in [0.5, 0.6) is 0 Å². The molecule has 2 rings (SSSR count). The average Bonchev–Trinajstić information content (AvgIpc) is 3.22. The zero-order chi connectivity index (χ0) is 14.6. The summed E-state index contributed by atoms with van der Waals surface area (Å²) in [5.41, 5.74) is 0. The summed E-state index contributed by atoms with van der Waals surface area (Å²) in [6.07, 6.45) is 3.52. The lowest BCUT2D eigenvalue weighted by atomic mass is 10.0. The Morgan fingerprint density at radius 1 is 1.35 bits per heavy atom. The number of nitrogens with one attached hydrogen (secondary N) is 1. The maximum Gasteiger partial charge on any atom is 0.307 e. The van der Waals surface area contributed by atoms with Gasteiger partial charge in [-0.1, -0.05) is 0 Å². The number of carboxylic acids is 1. The van der Waals surface area contributed by atoms with Crippen LogP contribution in [0.15, 0.2) is 0 Å². The van der Waals surface area contributed by atoms with E-state index >= 15 is 0 Å². The van der Waals surface area contributed by atoms with Crippen LogP contribution in [0.2, 0.25) is 0 Å². The van der Waals surface area contributed by atoms with Crippen LogP contribution in [-0.4, -0.2) is 56.6 Å². The van der Waals surface area contributed by atoms with Crippen LogP contribution in [-0.2, 0) is 19.7 Å². The number of nitrogens with zero attached hydrogens (tertiary/aromatic N) is 1. The summed E-state index contributed by atoms with van der Waals surface area (Å²) < 4.78 is 33.1. The Bertz CT molecular complexity index is 435. The molecule has 1 atom stereocenters. The minimum atomic E-state index is -3.59. The largest absolute Gasteiger partial charge is 0.481 e. The Balaban J connectivity index is 1.72. The zero-order valence-corrected chi connectivity index (χ0v) is 12.3. The summed E-state index contributed by atoms with van der Waals surface area (Å²) in [6, 6.07) is 0. The highest BCUT2D eigenvalue weighted by Gasteiger charge is 2.31. The van der Waals surface area contributed by atoms with Crippen LogP contribution >= 0.6 is 0 Å². The Labute approximate surface area is 119 Å². The molecular formula is C12H22N2O5S. The molecule has 116 valence electrons. The van der Waals surface area contributed by atoms with Crippen molar-refractivity contribution in [1.29, 1.82) is 0 Å². The predicted octanol–water partition coefficient (Wildman–Crippen LogP) is 0.0440. The quantitative estimate of drug-likeness (QED) is 0.618. The molecular weight excluding hydrogens is 284 g/mol. The van der Waals surface area contributed by atoms with Crippen molar-refractivity contribution in [3.05, 3.63) is 0 Å². The van der Waals surface area contributed by atoms with E-state index in [1.54, 1.807) is 0 Å². The van der Waals surface area contributed by atoms with Crippen molar-refractivity contribution in [1.82, 2.24) is 9.03 Å². The maximum absolute atomic E-state index is 12.0. The molecule has 0 aromatic carbocycles. The van der Waals surface area contributed by atoms with Gasteiger partial charge in [0.25, 0.3) is 10.2 Å². The highest BCUT2D eigenvalue weighted by atomic mass is 32.2. The van der Waals surface area contributed by atoms with E-state index in [4.69, 9.17) is 9.84 Å². The lowest BCUT2D eigenvalue weighted by Crippen LogP contribution is -2.48. The molecule has 8 heteroatoms. The molecule has 0 radical (unpaired) electrons. The number of hydrogen-bond donors (Lipinski definition) is 2. The van der Waals surface area contributed by atoms with Gasteiger partial charge in [-0.3, -0.25) is 4.79 Å². The van der Waals surface area contributed by atoms with E-state index in [0.29, 0.717) is 38.5 Å². The number of hydrogen-bond acceptors (Lipinski definition) is 4. The first-order valence-electron chi connectivity index (χ1n) is 7.04. The van der Waals surface area contributed by atoms with Gasteiger partial charge in [-0.2, -0.15) is 17.4 Å². The van der Waals surface area contributed by atoms with Gasteiger partial charge in [-0.25, -0.2) is 0 Å². The third-order valence-electron chi connectivity index (χ3n) is 3.65. The van der Waals surface area contributed by atoms with E-state index in [1.807, 2.05) is 0 Å². The fourth-order valence-electron chi connectivity index (χ4n) is 2.23. The highest BCUT2D eigenvalue weighted by Crippen LogP contribution is 2.28. The van der Waals surface area contributed by atoms with Crippen molar-refractivity contribution < 1.29 is 23.1 Å². The van der Waals surface area contributed by atoms with Crippen molar-refractivity contribution >= 4 is 16.2 Å². The van der Waals surface area contributed by atoms with Gasteiger partial charge >= 0.3 is 5.97 Å². The first-order chi connectivity index (χ1) is 9.49. The third kappa shape index (κ3) is 4.69. The summed E-state index contributed by atoms with van der Waals surface area (Å²) in [5.74, 6) is -0.880. The SMILES string of the molecule is O=C(O)C1CCCN(S(=O)(=O)NCCOCC2CC2)C1. The van der Waals surface area contributed by atoms with Gasteiger partial charge in [-0.15, -0.1) is 0 Å². The monoisotopic (exact) mass is 306 g/mol. The topological polar surface area (TPSA) is 95.9 Å². The maximum atomic E-state index is 12.0. The van der Waals surface area contributed by atoms with Crippen molar-refractivity contribution in [2.75, 3.05) is 32.8 Å². The Morgan fingerprint density at radius 2 is 2.10 bits per heavy atom. The zero-order valence-electron chi connectivity index (χ0n) is 11.5. The van der Waals surface area contributed by atoms with Gasteiger partial charge in [0.2, 0.25) is 0 Å². The number of piperidine rings is 1. The van der Waals surface area contributed by atoms with Gasteiger partial charge in [0.1, 0.15) is 0 Å². The number of carbonyl (C=O) groups is 1. The van der Waals surface area contributed by atoms with Crippen LogP contribution in [0, 0.1) is 11.8 Å². The molecule has 1 saturated carbocycles. The first kappa shape index (κ1) is 15.7. The van der Waals surface area contributed by atoms with Crippen LogP contribution in [0.1, 0.15) is 25.7 Å². The number of ether oxygens (including phenoxy) is 1. The summed E-state index contributed by atoms with van der Waals surface area (Å²) in [6.45, 7) is 1.71. The number of carboxylic acid groups (broad SMARTS) is 1. The van der Waals surface area contributed by atoms with Gasteiger partial charge < -0.3 is 9.84 Å². The van der Waals surface area contributed by atoms with E-state index in [1.165, 1.54) is 17.1 Å². The summed E-state index contributed by atoms with van der Waals surface area (Å²) in [4.78, 5) is 10.9. The third-order valence-corrected chi connectivity index (χ3v) is 5.24. The number of rotatable bonds is 8. The van der Waals surface area contributed by atoms with Crippen LogP contribution in [0.3, 0.4) is 0 Å². The molecule has 1 heterocycles. The van der Waals surface area contributed by atoms with E-state index < -0.39 is 22.1 Å². The van der Waals surface area contributed by atoms with Crippen molar-refractivity contribution in [3.63, 3.8) is 0 Å². The standard InChI is InChI=1S/C12H22N2O5S/c15-12(16)11-2-1-6-14(8-11)20(17,18)13-5-7-19-9-10-3-4-10/h10-11,13H,1-9H2,(H,15,16). The molecule has 0 aromatic rings. The lowest BCUT2D eigenvalue weighted by Gasteiger charge is -2.29. The van der Waals surface area contributed by atoms with E-state index in [-0.39, 0.29) is 13.1 Å². The molecule has 1 unspecified atom stereocenters. The minimum absolute atomic E-state index is 0.0492. The molecule has 0 amide bonds. The van der Waals surface area contributed by atoms with Crippen molar-refractivity contribution in [3.8, 4) is 0 Å². The first-order valence-corrected chi connectivity index (χ1v) is 8.48. The molecule has 0 bridgehead atoms. The van der Waals surface area contributed by atoms with Gasteiger partial charge in [0.05, 0.1) is 12.5 Å². The smallest absolute Gasteiger partial charge is 0.307 e. The van der Waals surface area contributed by atoms with E-state index in [9.17, 15) is 13.2 Å². The molecule has 2 N–H and O–H groups in total. The van der Waals surface area contributed by atoms with Crippen LogP contribution in [0.25, 0.3) is 0 Å². The summed E-state index contributed by atoms with van der Waals surface area (Å²) >= 11 is 0.